The molecule has 2 aromatic heterocycles. The zero-order valence-electron chi connectivity index (χ0n) is 13.0. The Morgan fingerprint density at radius 3 is 2.95 bits per heavy atom. The van der Waals surface area contributed by atoms with Crippen LogP contribution in [0.4, 0.5) is 0 Å². The van der Waals surface area contributed by atoms with Crippen molar-refractivity contribution in [1.29, 1.82) is 0 Å². The number of nitrogens with zero attached hydrogens (tertiary/aromatic N) is 2. The average Bonchev–Trinajstić information content (AvgIpc) is 2.85. The minimum Gasteiger partial charge on any atom is -0.375 e. The minimum atomic E-state index is -0.00882. The number of nitrogens with one attached hydrogen (secondary N) is 1. The van der Waals surface area contributed by atoms with Gasteiger partial charge in [-0.25, -0.2) is 4.98 Å². The molecule has 0 saturated carbocycles. The molecule has 1 aliphatic rings. The van der Waals surface area contributed by atoms with E-state index >= 15 is 0 Å². The summed E-state index contributed by atoms with van der Waals surface area (Å²) in [6.07, 6.45) is 5.96. The highest BCUT2D eigenvalue weighted by Crippen LogP contribution is 2.38. The number of hydrogen-bond acceptors (Lipinski definition) is 3. The van der Waals surface area contributed by atoms with Crippen molar-refractivity contribution in [3.8, 4) is 0 Å². The number of H-pyrrole nitrogens is 1. The average molecular weight is 305 g/mol. The van der Waals surface area contributed by atoms with E-state index in [1.165, 1.54) is 5.56 Å². The van der Waals surface area contributed by atoms with Gasteiger partial charge < -0.3 is 9.72 Å². The Kier molecular flexibility index (Phi) is 3.88. The largest absolute Gasteiger partial charge is 0.375 e. The molecular formula is C16H23N3OS. The van der Waals surface area contributed by atoms with Gasteiger partial charge in [0.05, 0.1) is 11.1 Å². The van der Waals surface area contributed by atoms with Gasteiger partial charge in [-0.1, -0.05) is 13.8 Å². The van der Waals surface area contributed by atoms with Crippen LogP contribution in [0.5, 0.6) is 0 Å². The van der Waals surface area contributed by atoms with Crippen molar-refractivity contribution in [2.75, 3.05) is 6.61 Å². The maximum Gasteiger partial charge on any atom is 0.179 e. The smallest absolute Gasteiger partial charge is 0.179 e. The van der Waals surface area contributed by atoms with Gasteiger partial charge in [-0.3, -0.25) is 4.57 Å². The number of aryl methyl sites for hydroxylation is 1. The van der Waals surface area contributed by atoms with Crippen LogP contribution in [0.1, 0.15) is 51.1 Å². The lowest BCUT2D eigenvalue weighted by Crippen LogP contribution is -2.39. The molecule has 1 saturated heterocycles. The second kappa shape index (κ2) is 5.54. The summed E-state index contributed by atoms with van der Waals surface area (Å²) in [5.74, 6) is 0. The van der Waals surface area contributed by atoms with E-state index in [-0.39, 0.29) is 5.60 Å². The zero-order chi connectivity index (χ0) is 15.0. The molecule has 4 nitrogen and oxygen atoms in total. The molecule has 1 unspecified atom stereocenters. The predicted octanol–water partition coefficient (Wildman–Crippen LogP) is 4.31. The number of pyridine rings is 1. The summed E-state index contributed by atoms with van der Waals surface area (Å²) >= 11 is 5.57. The number of imidazole rings is 1. The second-order valence-electron chi connectivity index (χ2n) is 6.01. The van der Waals surface area contributed by atoms with E-state index in [0.29, 0.717) is 6.04 Å². The molecule has 2 aromatic rings. The van der Waals surface area contributed by atoms with E-state index < -0.39 is 0 Å². The van der Waals surface area contributed by atoms with Crippen LogP contribution in [0.2, 0.25) is 0 Å². The number of fused-ring (bicyclic) bond motifs is 1. The quantitative estimate of drug-likeness (QED) is 0.859. The van der Waals surface area contributed by atoms with Gasteiger partial charge in [0.1, 0.15) is 0 Å². The Balaban J connectivity index is 2.06. The molecule has 114 valence electrons. The first-order valence-corrected chi connectivity index (χ1v) is 8.21. The van der Waals surface area contributed by atoms with Crippen LogP contribution in [-0.2, 0) is 4.74 Å². The predicted molar refractivity (Wildman–Crippen MR) is 87.2 cm³/mol. The standard InChI is InChI=1S/C16H23N3OS/c1-4-16(5-2)10-12(7-9-20-16)19-14-13(18-15(19)21)11(3)6-8-17-14/h6,8,12H,4-5,7,9-10H2,1-3H3,(H,18,21). The Morgan fingerprint density at radius 2 is 2.24 bits per heavy atom. The molecule has 0 aromatic carbocycles. The summed E-state index contributed by atoms with van der Waals surface area (Å²) in [6.45, 7) is 7.31. The first-order valence-electron chi connectivity index (χ1n) is 7.80. The fourth-order valence-electron chi connectivity index (χ4n) is 3.45. The van der Waals surface area contributed by atoms with E-state index in [2.05, 4.69) is 35.3 Å². The fraction of sp³-hybridized carbons (Fsp3) is 0.625. The van der Waals surface area contributed by atoms with Crippen LogP contribution in [0.25, 0.3) is 11.2 Å². The summed E-state index contributed by atoms with van der Waals surface area (Å²) in [6, 6.07) is 2.39. The van der Waals surface area contributed by atoms with Gasteiger partial charge in [-0.05, 0) is 56.5 Å². The van der Waals surface area contributed by atoms with E-state index in [9.17, 15) is 0 Å². The van der Waals surface area contributed by atoms with Crippen molar-refractivity contribution in [1.82, 2.24) is 14.5 Å². The van der Waals surface area contributed by atoms with Crippen LogP contribution < -0.4 is 0 Å². The lowest BCUT2D eigenvalue weighted by Gasteiger charge is -2.40. The molecule has 1 N–H and O–H groups in total. The Labute approximate surface area is 130 Å². The van der Waals surface area contributed by atoms with E-state index in [0.717, 1.165) is 48.2 Å². The Hall–Kier alpha value is -1.20. The molecule has 1 fully saturated rings. The van der Waals surface area contributed by atoms with Gasteiger partial charge in [0.2, 0.25) is 0 Å². The molecule has 3 rings (SSSR count). The van der Waals surface area contributed by atoms with Crippen LogP contribution in [-0.4, -0.2) is 26.7 Å². The van der Waals surface area contributed by atoms with Gasteiger partial charge in [0, 0.05) is 18.8 Å². The van der Waals surface area contributed by atoms with Crippen molar-refractivity contribution in [2.24, 2.45) is 0 Å². The van der Waals surface area contributed by atoms with Gasteiger partial charge in [0.15, 0.2) is 10.4 Å². The SMILES string of the molecule is CCC1(CC)CC(n2c(=S)[nH]c3c(C)ccnc32)CCO1. The number of aromatic nitrogens is 3. The summed E-state index contributed by atoms with van der Waals surface area (Å²) in [7, 11) is 0. The maximum atomic E-state index is 6.09. The highest BCUT2D eigenvalue weighted by molar-refractivity contribution is 7.71. The van der Waals surface area contributed by atoms with Gasteiger partial charge >= 0.3 is 0 Å². The Bertz CT molecular complexity index is 699. The number of hydrogen-bond donors (Lipinski definition) is 1. The van der Waals surface area contributed by atoms with Gasteiger partial charge in [0.25, 0.3) is 0 Å². The molecule has 0 radical (unpaired) electrons. The second-order valence-corrected chi connectivity index (χ2v) is 6.40. The summed E-state index contributed by atoms with van der Waals surface area (Å²) in [5.41, 5.74) is 3.22. The zero-order valence-corrected chi connectivity index (χ0v) is 13.8. The van der Waals surface area contributed by atoms with E-state index in [1.54, 1.807) is 0 Å². The van der Waals surface area contributed by atoms with Crippen LogP contribution in [0.15, 0.2) is 12.3 Å². The van der Waals surface area contributed by atoms with Gasteiger partial charge in [-0.2, -0.15) is 0 Å². The molecule has 1 aliphatic heterocycles. The maximum absolute atomic E-state index is 6.09. The fourth-order valence-corrected chi connectivity index (χ4v) is 3.79. The first-order chi connectivity index (χ1) is 10.1. The monoisotopic (exact) mass is 305 g/mol. The molecule has 0 bridgehead atoms. The lowest BCUT2D eigenvalue weighted by molar-refractivity contribution is -0.0984. The molecule has 0 spiro atoms. The number of rotatable bonds is 3. The first kappa shape index (κ1) is 14.7. The third-order valence-corrected chi connectivity index (χ3v) is 5.24. The number of ether oxygens (including phenoxy) is 1. The molecule has 0 aliphatic carbocycles. The van der Waals surface area contributed by atoms with Gasteiger partial charge in [-0.15, -0.1) is 0 Å². The Morgan fingerprint density at radius 1 is 1.48 bits per heavy atom. The molecule has 0 amide bonds. The number of aromatic amines is 1. The lowest BCUT2D eigenvalue weighted by atomic mass is 9.86. The molecule has 21 heavy (non-hydrogen) atoms. The summed E-state index contributed by atoms with van der Waals surface area (Å²) in [5, 5.41) is 0. The highest BCUT2D eigenvalue weighted by atomic mass is 32.1. The van der Waals surface area contributed by atoms with E-state index in [4.69, 9.17) is 17.0 Å². The van der Waals surface area contributed by atoms with Crippen molar-refractivity contribution in [2.45, 2.75) is 58.1 Å². The normalized spacial score (nSPS) is 21.8. The molecule has 1 atom stereocenters. The third kappa shape index (κ3) is 2.42. The van der Waals surface area contributed by atoms with Crippen LogP contribution in [0, 0.1) is 11.7 Å². The van der Waals surface area contributed by atoms with Crippen molar-refractivity contribution in [3.05, 3.63) is 22.6 Å². The summed E-state index contributed by atoms with van der Waals surface area (Å²) in [4.78, 5) is 7.89. The van der Waals surface area contributed by atoms with Crippen molar-refractivity contribution in [3.63, 3.8) is 0 Å². The molecule has 3 heterocycles. The topological polar surface area (TPSA) is 42.8 Å². The molecule has 5 heteroatoms. The highest BCUT2D eigenvalue weighted by Gasteiger charge is 2.36. The summed E-state index contributed by atoms with van der Waals surface area (Å²) < 4.78 is 9.08. The third-order valence-electron chi connectivity index (χ3n) is 4.94. The van der Waals surface area contributed by atoms with Crippen molar-refractivity contribution >= 4 is 23.4 Å². The minimum absolute atomic E-state index is 0.00882. The van der Waals surface area contributed by atoms with Crippen LogP contribution >= 0.6 is 12.2 Å². The van der Waals surface area contributed by atoms with Crippen LogP contribution in [0.3, 0.4) is 0 Å². The van der Waals surface area contributed by atoms with E-state index in [1.807, 2.05) is 12.3 Å². The molecular weight excluding hydrogens is 282 g/mol. The van der Waals surface area contributed by atoms with Crippen molar-refractivity contribution < 1.29 is 4.74 Å².